The molecule has 15 heteroatoms. The van der Waals surface area contributed by atoms with Crippen molar-refractivity contribution in [2.75, 3.05) is 27.4 Å². The van der Waals surface area contributed by atoms with Crippen LogP contribution in [0.2, 0.25) is 10.0 Å². The molecule has 324 valence electrons. The van der Waals surface area contributed by atoms with E-state index in [4.69, 9.17) is 46.9 Å². The molecule has 2 aromatic heterocycles. The number of benzene rings is 5. The van der Waals surface area contributed by atoms with E-state index in [0.29, 0.717) is 44.7 Å². The van der Waals surface area contributed by atoms with E-state index in [2.05, 4.69) is 20.3 Å². The second-order valence-corrected chi connectivity index (χ2v) is 15.9. The molecule has 1 fully saturated rings. The Kier molecular flexibility index (Phi) is 13.1. The fraction of sp³-hybridized carbons (Fsp3) is 0.250. The number of hydrogen-bond donors (Lipinski definition) is 3. The monoisotopic (exact) mass is 889 g/mol. The zero-order chi connectivity index (χ0) is 44.0. The number of carbonyl (C=O) groups is 1. The van der Waals surface area contributed by atoms with Gasteiger partial charge in [-0.15, -0.1) is 0 Å². The molecule has 1 aliphatic heterocycles. The van der Waals surface area contributed by atoms with Gasteiger partial charge >= 0.3 is 6.09 Å². The lowest BCUT2D eigenvalue weighted by Gasteiger charge is -2.38. The molecular weight excluding hydrogens is 845 g/mol. The third kappa shape index (κ3) is 9.01. The Labute approximate surface area is 373 Å². The second-order valence-electron chi connectivity index (χ2n) is 15.1. The number of methoxy groups -OCH3 is 2. The fourth-order valence-electron chi connectivity index (χ4n) is 8.20. The molecule has 3 unspecified atom stereocenters. The molecule has 0 spiro atoms. The maximum atomic E-state index is 14.1. The van der Waals surface area contributed by atoms with E-state index in [1.165, 1.54) is 12.7 Å². The SMILES string of the molecule is COc1ccc(C(OCCCC(OC(=O)NCC2OC(n3cnc4c(=O)[nH]cnc43)CC2O)(c2ccc(Cl)cc2)c2ccc(Cl)cc2)(c2ccccc2)c2ccc(OC)cc2)cc1. The van der Waals surface area contributed by atoms with Crippen LogP contribution in [0.4, 0.5) is 4.79 Å². The Hall–Kier alpha value is -6.22. The summed E-state index contributed by atoms with van der Waals surface area (Å²) in [4.78, 5) is 37.3. The normalized spacial score (nSPS) is 16.5. The van der Waals surface area contributed by atoms with Crippen molar-refractivity contribution in [1.82, 2.24) is 24.8 Å². The van der Waals surface area contributed by atoms with Crippen LogP contribution >= 0.6 is 23.2 Å². The van der Waals surface area contributed by atoms with Gasteiger partial charge in [-0.05, 0) is 78.1 Å². The predicted octanol–water partition coefficient (Wildman–Crippen LogP) is 8.55. The lowest BCUT2D eigenvalue weighted by Crippen LogP contribution is -2.42. The molecule has 8 rings (SSSR count). The third-order valence-electron chi connectivity index (χ3n) is 11.4. The molecule has 1 saturated heterocycles. The molecule has 63 heavy (non-hydrogen) atoms. The first kappa shape index (κ1) is 43.4. The number of halogens is 2. The van der Waals surface area contributed by atoms with E-state index in [1.807, 2.05) is 103 Å². The van der Waals surface area contributed by atoms with Crippen molar-refractivity contribution in [3.63, 3.8) is 0 Å². The predicted molar refractivity (Wildman–Crippen MR) is 238 cm³/mol. The number of nitrogens with one attached hydrogen (secondary N) is 2. The van der Waals surface area contributed by atoms with Gasteiger partial charge in [0.05, 0.1) is 33.0 Å². The number of H-pyrrole nitrogens is 1. The molecule has 5 aromatic carbocycles. The summed E-state index contributed by atoms with van der Waals surface area (Å²) in [6.45, 7) is 0.134. The molecule has 0 radical (unpaired) electrons. The average Bonchev–Trinajstić information content (AvgIpc) is 3.92. The molecule has 3 N–H and O–H groups in total. The number of aromatic nitrogens is 4. The van der Waals surface area contributed by atoms with E-state index in [9.17, 15) is 14.7 Å². The minimum Gasteiger partial charge on any atom is -0.497 e. The summed E-state index contributed by atoms with van der Waals surface area (Å²) in [5.74, 6) is 1.41. The van der Waals surface area contributed by atoms with Crippen LogP contribution in [0.15, 0.2) is 145 Å². The Morgan fingerprint density at radius 3 is 1.94 bits per heavy atom. The summed E-state index contributed by atoms with van der Waals surface area (Å²) in [7, 11) is 3.26. The van der Waals surface area contributed by atoms with Crippen molar-refractivity contribution >= 4 is 40.5 Å². The van der Waals surface area contributed by atoms with Gasteiger partial charge in [-0.1, -0.05) is 102 Å². The van der Waals surface area contributed by atoms with Gasteiger partial charge in [0, 0.05) is 40.7 Å². The van der Waals surface area contributed by atoms with E-state index in [0.717, 1.165) is 16.7 Å². The van der Waals surface area contributed by atoms with Gasteiger partial charge in [0.1, 0.15) is 29.4 Å². The first-order valence-electron chi connectivity index (χ1n) is 20.3. The molecule has 0 aliphatic carbocycles. The summed E-state index contributed by atoms with van der Waals surface area (Å²) in [5, 5.41) is 14.9. The van der Waals surface area contributed by atoms with Crippen LogP contribution < -0.4 is 20.3 Å². The smallest absolute Gasteiger partial charge is 0.408 e. The highest BCUT2D eigenvalue weighted by Gasteiger charge is 2.42. The Balaban J connectivity index is 1.08. The van der Waals surface area contributed by atoms with Gasteiger partial charge in [0.2, 0.25) is 0 Å². The number of nitrogens with zero attached hydrogens (tertiary/aromatic N) is 3. The molecule has 13 nitrogen and oxygen atoms in total. The molecule has 7 aromatic rings. The van der Waals surface area contributed by atoms with E-state index in [-0.39, 0.29) is 37.1 Å². The summed E-state index contributed by atoms with van der Waals surface area (Å²) in [6, 6.07) is 39.9. The van der Waals surface area contributed by atoms with Crippen LogP contribution in [-0.2, 0) is 25.4 Å². The van der Waals surface area contributed by atoms with Crippen LogP contribution in [0, 0.1) is 0 Å². The zero-order valence-electron chi connectivity index (χ0n) is 34.4. The number of ether oxygens (including phenoxy) is 5. The molecule has 3 heterocycles. The molecule has 3 atom stereocenters. The highest BCUT2D eigenvalue weighted by atomic mass is 35.5. The minimum atomic E-state index is -1.37. The van der Waals surface area contributed by atoms with Crippen molar-refractivity contribution in [1.29, 1.82) is 0 Å². The number of carbonyl (C=O) groups excluding carboxylic acids is 1. The van der Waals surface area contributed by atoms with E-state index < -0.39 is 35.7 Å². The second kappa shape index (κ2) is 19.0. The Morgan fingerprint density at radius 2 is 1.37 bits per heavy atom. The maximum Gasteiger partial charge on any atom is 0.408 e. The van der Waals surface area contributed by atoms with E-state index >= 15 is 0 Å². The summed E-state index contributed by atoms with van der Waals surface area (Å²) in [6.07, 6.45) is 0.389. The minimum absolute atomic E-state index is 0.0825. The van der Waals surface area contributed by atoms with Crippen LogP contribution in [0.1, 0.15) is 53.3 Å². The largest absolute Gasteiger partial charge is 0.497 e. The summed E-state index contributed by atoms with van der Waals surface area (Å²) >= 11 is 12.8. The van der Waals surface area contributed by atoms with Gasteiger partial charge in [-0.25, -0.2) is 14.8 Å². The van der Waals surface area contributed by atoms with Gasteiger partial charge in [-0.2, -0.15) is 0 Å². The van der Waals surface area contributed by atoms with Gasteiger partial charge in [-0.3, -0.25) is 9.36 Å². The van der Waals surface area contributed by atoms with Crippen molar-refractivity contribution in [2.24, 2.45) is 0 Å². The van der Waals surface area contributed by atoms with Crippen molar-refractivity contribution in [2.45, 2.75) is 48.9 Å². The lowest BCUT2D eigenvalue weighted by atomic mass is 9.79. The van der Waals surface area contributed by atoms with Crippen LogP contribution in [0.5, 0.6) is 11.5 Å². The Morgan fingerprint density at radius 1 is 0.810 bits per heavy atom. The summed E-state index contributed by atoms with van der Waals surface area (Å²) in [5.41, 5.74) is 1.62. The number of alkyl carbamates (subject to hydrolysis) is 1. The first-order chi connectivity index (χ1) is 30.6. The first-order valence-corrected chi connectivity index (χ1v) is 21.1. The number of imidazole rings is 1. The standard InChI is InChI=1S/C48H45Cl2N5O8/c1-59-38-21-13-34(14-22-38)48(33-7-4-3-5-8-33,35-15-23-39(60-2)24-16-35)61-26-6-25-47(31-9-17-36(49)18-10-31,32-11-19-37(50)20-12-32)63-46(58)51-28-41-40(56)27-42(62-41)55-30-54-43-44(55)52-29-53-45(43)57/h3-5,7-24,29-30,40-42,56H,6,25-28H2,1-2H3,(H,51,58)(H,52,53,57). The van der Waals surface area contributed by atoms with Crippen LogP contribution in [-0.4, -0.2) is 70.3 Å². The number of hydrogen-bond acceptors (Lipinski definition) is 10. The van der Waals surface area contributed by atoms with Gasteiger partial charge in [0.25, 0.3) is 5.56 Å². The quantitative estimate of drug-likeness (QED) is 0.0634. The zero-order valence-corrected chi connectivity index (χ0v) is 36.0. The summed E-state index contributed by atoms with van der Waals surface area (Å²) < 4.78 is 32.6. The highest BCUT2D eigenvalue weighted by Crippen LogP contribution is 2.44. The lowest BCUT2D eigenvalue weighted by molar-refractivity contribution is -0.0222. The number of aliphatic hydroxyl groups excluding tert-OH is 1. The third-order valence-corrected chi connectivity index (χ3v) is 11.9. The molecule has 0 saturated carbocycles. The van der Waals surface area contributed by atoms with Crippen LogP contribution in [0.25, 0.3) is 11.2 Å². The maximum absolute atomic E-state index is 14.1. The number of amides is 1. The van der Waals surface area contributed by atoms with Crippen molar-refractivity contribution in [3.05, 3.63) is 188 Å². The van der Waals surface area contributed by atoms with Gasteiger partial charge < -0.3 is 39.1 Å². The van der Waals surface area contributed by atoms with Gasteiger partial charge in [0.15, 0.2) is 16.8 Å². The molecule has 1 amide bonds. The van der Waals surface area contributed by atoms with Crippen molar-refractivity contribution in [3.8, 4) is 11.5 Å². The van der Waals surface area contributed by atoms with Crippen molar-refractivity contribution < 1.29 is 33.6 Å². The molecule has 0 bridgehead atoms. The van der Waals surface area contributed by atoms with Crippen LogP contribution in [0.3, 0.4) is 0 Å². The number of rotatable bonds is 16. The highest BCUT2D eigenvalue weighted by molar-refractivity contribution is 6.30. The average molecular weight is 891 g/mol. The number of aromatic amines is 1. The molecular formula is C48H45Cl2N5O8. The van der Waals surface area contributed by atoms with E-state index in [1.54, 1.807) is 43.1 Å². The fourth-order valence-corrected chi connectivity index (χ4v) is 8.46. The Bertz CT molecular complexity index is 2590. The topological polar surface area (TPSA) is 159 Å². The molecule has 1 aliphatic rings. The number of fused-ring (bicyclic) bond motifs is 1. The number of aliphatic hydroxyl groups is 1.